The summed E-state index contributed by atoms with van der Waals surface area (Å²) in [4.78, 5) is 15.3. The lowest BCUT2D eigenvalue weighted by atomic mass is 10.0. The smallest absolute Gasteiger partial charge is 0.356 e. The molecule has 1 heterocycles. The molecule has 0 saturated carbocycles. The molecule has 18 heavy (non-hydrogen) atoms. The molecule has 0 fully saturated rings. The van der Waals surface area contributed by atoms with Crippen LogP contribution in [0.5, 0.6) is 0 Å². The van der Waals surface area contributed by atoms with Crippen LogP contribution in [0.4, 0.5) is 0 Å². The molecule has 0 aliphatic heterocycles. The Morgan fingerprint density at radius 1 is 1.22 bits per heavy atom. The average Bonchev–Trinajstić information content (AvgIpc) is 2.46. The number of hydrogen-bond donors (Lipinski definition) is 0. The summed E-state index contributed by atoms with van der Waals surface area (Å²) in [7, 11) is 1.28. The zero-order chi connectivity index (χ0) is 13.0. The van der Waals surface area contributed by atoms with E-state index in [1.165, 1.54) is 7.11 Å². The maximum absolute atomic E-state index is 11.3. The largest absolute Gasteiger partial charge is 0.464 e. The molecule has 0 spiro atoms. The van der Waals surface area contributed by atoms with E-state index in [4.69, 9.17) is 5.26 Å². The number of rotatable bonds is 2. The van der Waals surface area contributed by atoms with Gasteiger partial charge < -0.3 is 4.74 Å². The molecule has 1 aromatic heterocycles. The van der Waals surface area contributed by atoms with Gasteiger partial charge in [-0.25, -0.2) is 9.78 Å². The number of esters is 1. The summed E-state index contributed by atoms with van der Waals surface area (Å²) in [6.07, 6.45) is 0. The van der Waals surface area contributed by atoms with Gasteiger partial charge in [-0.15, -0.1) is 0 Å². The average molecular weight is 238 g/mol. The van der Waals surface area contributed by atoms with Crippen molar-refractivity contribution in [1.29, 1.82) is 5.26 Å². The van der Waals surface area contributed by atoms with Gasteiger partial charge in [-0.1, -0.05) is 30.3 Å². The Bertz CT molecular complexity index is 615. The molecule has 4 heteroatoms. The second kappa shape index (κ2) is 5.11. The van der Waals surface area contributed by atoms with E-state index in [1.807, 2.05) is 36.4 Å². The minimum Gasteiger partial charge on any atom is -0.464 e. The Hall–Kier alpha value is -2.67. The van der Waals surface area contributed by atoms with Gasteiger partial charge in [0.2, 0.25) is 0 Å². The highest BCUT2D eigenvalue weighted by Gasteiger charge is 2.12. The number of nitrogens with zero attached hydrogens (tertiary/aromatic N) is 2. The lowest BCUT2D eigenvalue weighted by Crippen LogP contribution is -2.05. The van der Waals surface area contributed by atoms with Crippen molar-refractivity contribution in [3.05, 3.63) is 53.9 Å². The third-order valence-electron chi connectivity index (χ3n) is 2.48. The fourth-order valence-corrected chi connectivity index (χ4v) is 1.61. The third-order valence-corrected chi connectivity index (χ3v) is 2.48. The Balaban J connectivity index is 2.52. The number of methoxy groups -OCH3 is 1. The molecule has 0 atom stereocenters. The summed E-state index contributed by atoms with van der Waals surface area (Å²) in [5.74, 6) is -0.550. The van der Waals surface area contributed by atoms with E-state index in [1.54, 1.807) is 12.1 Å². The van der Waals surface area contributed by atoms with Crippen LogP contribution in [0, 0.1) is 11.3 Å². The normalized spacial score (nSPS) is 9.56. The summed E-state index contributed by atoms with van der Waals surface area (Å²) in [6, 6.07) is 14.7. The molecule has 0 aliphatic rings. The van der Waals surface area contributed by atoms with Gasteiger partial charge in [-0.05, 0) is 17.7 Å². The zero-order valence-electron chi connectivity index (χ0n) is 9.75. The number of nitriles is 1. The van der Waals surface area contributed by atoms with Crippen LogP contribution in [0.25, 0.3) is 11.1 Å². The quantitative estimate of drug-likeness (QED) is 0.753. The van der Waals surface area contributed by atoms with Crippen molar-refractivity contribution in [2.75, 3.05) is 7.11 Å². The Kier molecular flexibility index (Phi) is 3.35. The number of ether oxygens (including phenoxy) is 1. The molecule has 0 radical (unpaired) electrons. The molecule has 0 aliphatic carbocycles. The molecule has 0 bridgehead atoms. The van der Waals surface area contributed by atoms with Gasteiger partial charge in [0.1, 0.15) is 17.5 Å². The van der Waals surface area contributed by atoms with Crippen molar-refractivity contribution in [3.8, 4) is 17.2 Å². The number of carbonyl (C=O) groups is 1. The SMILES string of the molecule is COC(=O)c1ccc(-c2ccccc2)c(C#N)n1. The minimum absolute atomic E-state index is 0.133. The van der Waals surface area contributed by atoms with Crippen LogP contribution >= 0.6 is 0 Å². The maximum Gasteiger partial charge on any atom is 0.356 e. The zero-order valence-corrected chi connectivity index (χ0v) is 9.75. The van der Waals surface area contributed by atoms with Gasteiger partial charge in [0.15, 0.2) is 0 Å². The Morgan fingerprint density at radius 2 is 1.94 bits per heavy atom. The second-order valence-corrected chi connectivity index (χ2v) is 3.56. The molecule has 1 aromatic carbocycles. The van der Waals surface area contributed by atoms with Gasteiger partial charge in [0.05, 0.1) is 7.11 Å². The van der Waals surface area contributed by atoms with Crippen molar-refractivity contribution in [2.45, 2.75) is 0 Å². The van der Waals surface area contributed by atoms with Crippen LogP contribution in [-0.2, 0) is 4.74 Å². The molecular formula is C14H10N2O2. The topological polar surface area (TPSA) is 63.0 Å². The predicted octanol–water partition coefficient (Wildman–Crippen LogP) is 2.41. The number of carbonyl (C=O) groups excluding carboxylic acids is 1. The molecule has 2 aromatic rings. The van der Waals surface area contributed by atoms with Crippen LogP contribution in [0.3, 0.4) is 0 Å². The van der Waals surface area contributed by atoms with E-state index < -0.39 is 5.97 Å². The standard InChI is InChI=1S/C14H10N2O2/c1-18-14(17)12-8-7-11(13(9-15)16-12)10-5-3-2-4-6-10/h2-8H,1H3. The lowest BCUT2D eigenvalue weighted by Gasteiger charge is -2.05. The van der Waals surface area contributed by atoms with Gasteiger partial charge in [0, 0.05) is 5.56 Å². The summed E-state index contributed by atoms with van der Waals surface area (Å²) in [5, 5.41) is 9.09. The van der Waals surface area contributed by atoms with Gasteiger partial charge in [-0.3, -0.25) is 0 Å². The lowest BCUT2D eigenvalue weighted by molar-refractivity contribution is 0.0594. The fourth-order valence-electron chi connectivity index (χ4n) is 1.61. The Morgan fingerprint density at radius 3 is 2.56 bits per heavy atom. The van der Waals surface area contributed by atoms with Crippen molar-refractivity contribution >= 4 is 5.97 Å². The first-order valence-electron chi connectivity index (χ1n) is 5.31. The van der Waals surface area contributed by atoms with Gasteiger partial charge in [0.25, 0.3) is 0 Å². The number of pyridine rings is 1. The van der Waals surface area contributed by atoms with E-state index in [-0.39, 0.29) is 11.4 Å². The number of hydrogen-bond acceptors (Lipinski definition) is 4. The fraction of sp³-hybridized carbons (Fsp3) is 0.0714. The second-order valence-electron chi connectivity index (χ2n) is 3.56. The van der Waals surface area contributed by atoms with E-state index in [0.29, 0.717) is 5.56 Å². The van der Waals surface area contributed by atoms with Crippen molar-refractivity contribution in [1.82, 2.24) is 4.98 Å². The first kappa shape index (κ1) is 11.8. The highest BCUT2D eigenvalue weighted by Crippen LogP contribution is 2.22. The van der Waals surface area contributed by atoms with Crippen LogP contribution < -0.4 is 0 Å². The molecule has 88 valence electrons. The molecule has 2 rings (SSSR count). The number of aromatic nitrogens is 1. The van der Waals surface area contributed by atoms with Crippen molar-refractivity contribution in [2.24, 2.45) is 0 Å². The summed E-state index contributed by atoms with van der Waals surface area (Å²) in [5.41, 5.74) is 1.93. The van der Waals surface area contributed by atoms with E-state index in [2.05, 4.69) is 9.72 Å². The Labute approximate surface area is 104 Å². The van der Waals surface area contributed by atoms with Crippen molar-refractivity contribution < 1.29 is 9.53 Å². The van der Waals surface area contributed by atoms with Crippen molar-refractivity contribution in [3.63, 3.8) is 0 Å². The monoisotopic (exact) mass is 238 g/mol. The number of benzene rings is 1. The van der Waals surface area contributed by atoms with Gasteiger partial charge >= 0.3 is 5.97 Å². The maximum atomic E-state index is 11.3. The molecule has 4 nitrogen and oxygen atoms in total. The molecule has 0 saturated heterocycles. The van der Waals surface area contributed by atoms with E-state index in [0.717, 1.165) is 5.56 Å². The van der Waals surface area contributed by atoms with E-state index in [9.17, 15) is 4.79 Å². The van der Waals surface area contributed by atoms with Crippen LogP contribution in [0.1, 0.15) is 16.2 Å². The van der Waals surface area contributed by atoms with E-state index >= 15 is 0 Å². The molecule has 0 amide bonds. The van der Waals surface area contributed by atoms with Crippen LogP contribution in [-0.4, -0.2) is 18.1 Å². The minimum atomic E-state index is -0.550. The molecule has 0 N–H and O–H groups in total. The first-order valence-corrected chi connectivity index (χ1v) is 5.31. The molecule has 0 unspecified atom stereocenters. The van der Waals surface area contributed by atoms with Crippen LogP contribution in [0.15, 0.2) is 42.5 Å². The predicted molar refractivity (Wildman–Crippen MR) is 65.7 cm³/mol. The highest BCUT2D eigenvalue weighted by molar-refractivity contribution is 5.88. The summed E-state index contributed by atoms with van der Waals surface area (Å²) < 4.78 is 4.57. The third kappa shape index (κ3) is 2.20. The van der Waals surface area contributed by atoms with Crippen LogP contribution in [0.2, 0.25) is 0 Å². The summed E-state index contributed by atoms with van der Waals surface area (Å²) in [6.45, 7) is 0. The van der Waals surface area contributed by atoms with Gasteiger partial charge in [-0.2, -0.15) is 5.26 Å². The summed E-state index contributed by atoms with van der Waals surface area (Å²) >= 11 is 0. The highest BCUT2D eigenvalue weighted by atomic mass is 16.5. The first-order chi connectivity index (χ1) is 8.76. The molecular weight excluding hydrogens is 228 g/mol.